The number of nitrogen functional groups attached to an aromatic ring is 1. The van der Waals surface area contributed by atoms with Gasteiger partial charge in [0.15, 0.2) is 17.4 Å². The van der Waals surface area contributed by atoms with Gasteiger partial charge in [-0.3, -0.25) is 14.3 Å². The highest BCUT2D eigenvalue weighted by Gasteiger charge is 2.44. The Morgan fingerprint density at radius 3 is 2.95 bits per heavy atom. The molecule has 2 aromatic heterocycles. The number of aromatic nitrogens is 4. The molecule has 10 nitrogen and oxygen atoms in total. The summed E-state index contributed by atoms with van der Waals surface area (Å²) in [6, 6.07) is 0. The second-order valence-corrected chi connectivity index (χ2v) is 4.33. The molecule has 108 valence electrons. The van der Waals surface area contributed by atoms with Gasteiger partial charge in [-0.2, -0.15) is 4.98 Å². The molecule has 1 aliphatic rings. The molecule has 10 heteroatoms. The smallest absolute Gasteiger partial charge is 0.280 e. The fourth-order valence-electron chi connectivity index (χ4n) is 2.13. The van der Waals surface area contributed by atoms with Crippen molar-refractivity contribution in [1.29, 1.82) is 0 Å². The van der Waals surface area contributed by atoms with E-state index in [0.29, 0.717) is 0 Å². The summed E-state index contributed by atoms with van der Waals surface area (Å²) >= 11 is 0. The van der Waals surface area contributed by atoms with E-state index in [9.17, 15) is 20.1 Å². The molecule has 3 heterocycles. The first kappa shape index (κ1) is 10.7. The van der Waals surface area contributed by atoms with Gasteiger partial charge >= 0.3 is 0 Å². The fourth-order valence-corrected chi connectivity index (χ4v) is 2.13. The summed E-state index contributed by atoms with van der Waals surface area (Å²) in [6.45, 7) is -2.87. The molecule has 0 bridgehead atoms. The molecular weight excluding hydrogens is 270 g/mol. The van der Waals surface area contributed by atoms with Crippen LogP contribution in [-0.4, -0.2) is 59.7 Å². The lowest BCUT2D eigenvalue weighted by atomic mass is 10.1. The molecule has 4 atom stereocenters. The Morgan fingerprint density at radius 2 is 2.30 bits per heavy atom. The van der Waals surface area contributed by atoms with Gasteiger partial charge in [-0.05, 0) is 0 Å². The van der Waals surface area contributed by atoms with Gasteiger partial charge in [-0.15, -0.1) is 0 Å². The van der Waals surface area contributed by atoms with E-state index in [0.717, 1.165) is 10.9 Å². The van der Waals surface area contributed by atoms with Gasteiger partial charge in [0.05, 0.1) is 15.6 Å². The molecule has 0 saturated carbocycles. The Balaban J connectivity index is 2.07. The van der Waals surface area contributed by atoms with Crippen LogP contribution < -0.4 is 11.3 Å². The minimum Gasteiger partial charge on any atom is -0.394 e. The fraction of sp³-hybridized carbons (Fsp3) is 0.500. The van der Waals surface area contributed by atoms with Gasteiger partial charge in [0.1, 0.15) is 18.3 Å². The van der Waals surface area contributed by atoms with Crippen molar-refractivity contribution >= 4 is 17.1 Å². The number of nitrogens with two attached hydrogens (primary N) is 1. The van der Waals surface area contributed by atoms with Crippen LogP contribution in [0.5, 0.6) is 0 Å². The monoisotopic (exact) mass is 285 g/mol. The summed E-state index contributed by atoms with van der Waals surface area (Å²) in [6.07, 6.45) is -5.07. The first-order chi connectivity index (χ1) is 10.2. The summed E-state index contributed by atoms with van der Waals surface area (Å²) in [5.74, 6) is -0.179. The van der Waals surface area contributed by atoms with Crippen LogP contribution in [0.4, 0.5) is 5.95 Å². The maximum absolute atomic E-state index is 11.7. The molecular formula is C10H13N5O5. The van der Waals surface area contributed by atoms with E-state index in [4.69, 9.17) is 13.2 Å². The minimum atomic E-state index is -2.87. The van der Waals surface area contributed by atoms with Crippen molar-refractivity contribution in [2.45, 2.75) is 24.5 Å². The second-order valence-electron chi connectivity index (χ2n) is 4.33. The molecule has 0 aromatic carbocycles. The summed E-state index contributed by atoms with van der Waals surface area (Å²) in [5.41, 5.74) is 4.79. The van der Waals surface area contributed by atoms with Crippen LogP contribution in [0.2, 0.25) is 0 Å². The molecule has 6 N–H and O–H groups in total. The van der Waals surface area contributed by atoms with Gasteiger partial charge in [-0.25, -0.2) is 4.98 Å². The molecule has 0 radical (unpaired) electrons. The summed E-state index contributed by atoms with van der Waals surface area (Å²) in [7, 11) is 0. The predicted octanol–water partition coefficient (Wildman–Crippen LogP) is -2.69. The quantitative estimate of drug-likeness (QED) is 0.399. The lowest BCUT2D eigenvalue weighted by Crippen LogP contribution is -2.33. The third-order valence-corrected chi connectivity index (χ3v) is 3.09. The standard InChI is InChI=1S/C10H13N5O5/c11-10-13-7-4(8(19)14-10)12-2-15(7)9-6(18)5(17)3(1-16)20-9/h2-3,5-6,9,16-18H,1H2,(H3,11,13,14,19)/t3-,5-,6-,9-/m1/s1/i1D2. The molecule has 0 unspecified atom stereocenters. The van der Waals surface area contributed by atoms with Gasteiger partial charge < -0.3 is 25.8 Å². The molecule has 1 fully saturated rings. The van der Waals surface area contributed by atoms with Gasteiger partial charge in [0.2, 0.25) is 5.95 Å². The number of aliphatic hydroxyl groups is 3. The minimum absolute atomic E-state index is 0.00310. The highest BCUT2D eigenvalue weighted by atomic mass is 16.6. The number of imidazole rings is 1. The first-order valence-electron chi connectivity index (χ1n) is 6.66. The Kier molecular flexibility index (Phi) is 2.43. The third-order valence-electron chi connectivity index (χ3n) is 3.09. The molecule has 20 heavy (non-hydrogen) atoms. The number of aromatic amines is 1. The number of nitrogens with zero attached hydrogens (tertiary/aromatic N) is 3. The zero-order valence-corrected chi connectivity index (χ0v) is 9.96. The van der Waals surface area contributed by atoms with Crippen molar-refractivity contribution in [3.63, 3.8) is 0 Å². The molecule has 1 saturated heterocycles. The summed E-state index contributed by atoms with van der Waals surface area (Å²) < 4.78 is 20.7. The zero-order chi connectivity index (χ0) is 16.2. The van der Waals surface area contributed by atoms with E-state index in [1.165, 1.54) is 0 Å². The topological polar surface area (TPSA) is 160 Å². The lowest BCUT2D eigenvalue weighted by Gasteiger charge is -2.16. The van der Waals surface area contributed by atoms with E-state index in [1.54, 1.807) is 0 Å². The Labute approximate surface area is 114 Å². The number of hydrogen-bond acceptors (Lipinski definition) is 8. The van der Waals surface area contributed by atoms with Crippen LogP contribution in [0.1, 0.15) is 8.97 Å². The number of hydrogen-bond donors (Lipinski definition) is 5. The maximum atomic E-state index is 11.7. The number of H-pyrrole nitrogens is 1. The highest BCUT2D eigenvalue weighted by Crippen LogP contribution is 2.30. The van der Waals surface area contributed by atoms with Crippen LogP contribution in [0, 0.1) is 0 Å². The van der Waals surface area contributed by atoms with Crippen LogP contribution in [0.25, 0.3) is 11.2 Å². The van der Waals surface area contributed by atoms with E-state index in [-0.39, 0.29) is 17.1 Å². The van der Waals surface area contributed by atoms with Gasteiger partial charge in [0, 0.05) is 0 Å². The second kappa shape index (κ2) is 4.52. The Hall–Kier alpha value is -2.01. The van der Waals surface area contributed by atoms with Crippen molar-refractivity contribution in [1.82, 2.24) is 19.5 Å². The van der Waals surface area contributed by atoms with Crippen molar-refractivity contribution < 1.29 is 22.8 Å². The van der Waals surface area contributed by atoms with Crippen LogP contribution in [-0.2, 0) is 4.74 Å². The molecule has 0 aliphatic carbocycles. The molecule has 2 aromatic rings. The first-order valence-corrected chi connectivity index (χ1v) is 5.66. The molecule has 3 rings (SSSR count). The predicted molar refractivity (Wildman–Crippen MR) is 65.6 cm³/mol. The normalized spacial score (nSPS) is 32.4. The SMILES string of the molecule is [2H]C([2H])(O)[C@H]1O[C@@H](n2cnc3c(=O)[nH]c(N)nc32)[C@H](O)[C@@H]1O. The number of anilines is 1. The maximum Gasteiger partial charge on any atom is 0.280 e. The Bertz CT molecular complexity index is 771. The average molecular weight is 285 g/mol. The van der Waals surface area contributed by atoms with Gasteiger partial charge in [-0.1, -0.05) is 0 Å². The number of aliphatic hydroxyl groups excluding tert-OH is 2. The number of rotatable bonds is 2. The van der Waals surface area contributed by atoms with Crippen LogP contribution >= 0.6 is 0 Å². The van der Waals surface area contributed by atoms with E-state index >= 15 is 0 Å². The van der Waals surface area contributed by atoms with Crippen LogP contribution in [0.15, 0.2) is 11.1 Å². The number of fused-ring (bicyclic) bond motifs is 1. The van der Waals surface area contributed by atoms with Crippen molar-refractivity contribution in [3.8, 4) is 0 Å². The zero-order valence-electron chi connectivity index (χ0n) is 12.0. The van der Waals surface area contributed by atoms with Gasteiger partial charge in [0.25, 0.3) is 5.56 Å². The average Bonchev–Trinajstić information content (AvgIpc) is 2.92. The molecule has 0 spiro atoms. The summed E-state index contributed by atoms with van der Waals surface area (Å²) in [4.78, 5) is 21.6. The van der Waals surface area contributed by atoms with Crippen LogP contribution in [0.3, 0.4) is 0 Å². The highest BCUT2D eigenvalue weighted by molar-refractivity contribution is 5.70. The third kappa shape index (κ3) is 1.78. The van der Waals surface area contributed by atoms with E-state index in [1.807, 2.05) is 0 Å². The lowest BCUT2D eigenvalue weighted by molar-refractivity contribution is -0.0511. The summed E-state index contributed by atoms with van der Waals surface area (Å²) in [5, 5.41) is 29.2. The van der Waals surface area contributed by atoms with Crippen molar-refractivity contribution in [2.24, 2.45) is 0 Å². The number of nitrogens with one attached hydrogen (secondary N) is 1. The molecule has 0 amide bonds. The van der Waals surface area contributed by atoms with Crippen molar-refractivity contribution in [2.75, 3.05) is 12.3 Å². The van der Waals surface area contributed by atoms with E-state index in [2.05, 4.69) is 15.0 Å². The number of ether oxygens (including phenoxy) is 1. The largest absolute Gasteiger partial charge is 0.394 e. The molecule has 1 aliphatic heterocycles. The van der Waals surface area contributed by atoms with E-state index < -0.39 is 36.7 Å². The Morgan fingerprint density at radius 1 is 1.55 bits per heavy atom. The van der Waals surface area contributed by atoms with Crippen molar-refractivity contribution in [3.05, 3.63) is 16.7 Å².